The molecular weight excluding hydrogens is 142 g/mol. The zero-order valence-corrected chi connectivity index (χ0v) is 7.29. The van der Waals surface area contributed by atoms with Crippen molar-refractivity contribution < 1.29 is 9.84 Å². The van der Waals surface area contributed by atoms with Crippen molar-refractivity contribution in [3.63, 3.8) is 0 Å². The highest BCUT2D eigenvalue weighted by Gasteiger charge is 2.14. The second kappa shape index (κ2) is 4.91. The molecule has 0 fully saturated rings. The number of nitrogens with zero attached hydrogens (tertiary/aromatic N) is 1. The predicted molar refractivity (Wildman–Crippen MR) is 45.8 cm³/mol. The predicted octanol–water partition coefficient (Wildman–Crippen LogP) is 0.988. The van der Waals surface area contributed by atoms with Crippen LogP contribution in [0.2, 0.25) is 0 Å². The van der Waals surface area contributed by atoms with E-state index in [2.05, 4.69) is 11.6 Å². The van der Waals surface area contributed by atoms with Gasteiger partial charge in [-0.25, -0.2) is 4.99 Å². The molecule has 0 aromatic rings. The molecule has 0 amide bonds. The lowest BCUT2D eigenvalue weighted by Crippen LogP contribution is -2.07. The van der Waals surface area contributed by atoms with E-state index >= 15 is 0 Å². The van der Waals surface area contributed by atoms with Crippen LogP contribution in [0, 0.1) is 0 Å². The third-order valence-electron chi connectivity index (χ3n) is 1.17. The van der Waals surface area contributed by atoms with Crippen LogP contribution < -0.4 is 0 Å². The average Bonchev–Trinajstić information content (AvgIpc) is 2.40. The van der Waals surface area contributed by atoms with Crippen molar-refractivity contribution in [2.45, 2.75) is 20.0 Å². The highest BCUT2D eigenvalue weighted by Crippen LogP contribution is 2.07. The minimum absolute atomic E-state index is 0.247. The van der Waals surface area contributed by atoms with Gasteiger partial charge in [0.15, 0.2) is 0 Å². The van der Waals surface area contributed by atoms with E-state index < -0.39 is 0 Å². The maximum Gasteiger partial charge on any atom is 0.211 e. The normalized spacial score (nSPS) is 21.1. The minimum Gasteiger partial charge on any atom is -0.473 e. The topological polar surface area (TPSA) is 41.8 Å². The van der Waals surface area contributed by atoms with E-state index in [4.69, 9.17) is 9.84 Å². The van der Waals surface area contributed by atoms with Gasteiger partial charge in [-0.05, 0) is 13.8 Å². The molecule has 1 unspecified atom stereocenters. The van der Waals surface area contributed by atoms with Gasteiger partial charge in [-0.3, -0.25) is 0 Å². The van der Waals surface area contributed by atoms with Crippen molar-refractivity contribution in [3.8, 4) is 0 Å². The molecule has 0 aromatic carbocycles. The molecular formula is C8H15NO2. The van der Waals surface area contributed by atoms with E-state index in [1.54, 1.807) is 0 Å². The van der Waals surface area contributed by atoms with Gasteiger partial charge in [0.25, 0.3) is 0 Å². The third-order valence-corrected chi connectivity index (χ3v) is 1.17. The summed E-state index contributed by atoms with van der Waals surface area (Å²) in [6.45, 7) is 8.39. The van der Waals surface area contributed by atoms with E-state index in [1.165, 1.54) is 0 Å². The van der Waals surface area contributed by atoms with Crippen molar-refractivity contribution >= 4 is 5.90 Å². The van der Waals surface area contributed by atoms with E-state index in [1.807, 2.05) is 13.8 Å². The quantitative estimate of drug-likeness (QED) is 0.616. The Labute approximate surface area is 67.4 Å². The van der Waals surface area contributed by atoms with Crippen LogP contribution >= 0.6 is 0 Å². The first kappa shape index (κ1) is 10.2. The van der Waals surface area contributed by atoms with E-state index in [0.29, 0.717) is 0 Å². The molecule has 0 saturated carbocycles. The highest BCUT2D eigenvalue weighted by molar-refractivity contribution is 5.93. The second-order valence-corrected chi connectivity index (χ2v) is 2.35. The zero-order valence-electron chi connectivity index (χ0n) is 7.29. The standard InChI is InChI=1S/C7H11NO.CH4O/c1-5(2)7-8-4-6(3)9-7;1-2/h6H,1,4H2,2-3H3;2H,1H3. The number of ether oxygens (including phenoxy) is 1. The van der Waals surface area contributed by atoms with Crippen LogP contribution in [0.5, 0.6) is 0 Å². The molecule has 0 radical (unpaired) electrons. The molecule has 0 saturated heterocycles. The maximum atomic E-state index is 7.00. The number of hydrogen-bond acceptors (Lipinski definition) is 3. The van der Waals surface area contributed by atoms with Gasteiger partial charge in [0.1, 0.15) is 6.10 Å². The SMILES string of the molecule is C=C(C)C1=NCC(C)O1.CO. The largest absolute Gasteiger partial charge is 0.473 e. The van der Waals surface area contributed by atoms with Crippen LogP contribution in [0.4, 0.5) is 0 Å². The first-order valence-corrected chi connectivity index (χ1v) is 3.52. The maximum absolute atomic E-state index is 7.00. The van der Waals surface area contributed by atoms with Crippen molar-refractivity contribution in [1.82, 2.24) is 0 Å². The summed E-state index contributed by atoms with van der Waals surface area (Å²) in [4.78, 5) is 4.11. The van der Waals surface area contributed by atoms with Gasteiger partial charge < -0.3 is 9.84 Å². The lowest BCUT2D eigenvalue weighted by atomic mass is 10.3. The van der Waals surface area contributed by atoms with Gasteiger partial charge in [0.05, 0.1) is 6.54 Å². The number of rotatable bonds is 1. The summed E-state index contributed by atoms with van der Waals surface area (Å²) < 4.78 is 5.27. The molecule has 1 rings (SSSR count). The number of aliphatic hydroxyl groups excluding tert-OH is 1. The summed E-state index contributed by atoms with van der Waals surface area (Å²) in [5.41, 5.74) is 0.916. The lowest BCUT2D eigenvalue weighted by molar-refractivity contribution is 0.246. The molecule has 0 aliphatic carbocycles. The Morgan fingerprint density at radius 1 is 1.73 bits per heavy atom. The van der Waals surface area contributed by atoms with Crippen molar-refractivity contribution in [1.29, 1.82) is 0 Å². The molecule has 0 spiro atoms. The molecule has 1 heterocycles. The smallest absolute Gasteiger partial charge is 0.211 e. The van der Waals surface area contributed by atoms with Gasteiger partial charge in [-0.15, -0.1) is 0 Å². The van der Waals surface area contributed by atoms with Crippen LogP contribution in [-0.4, -0.2) is 30.8 Å². The van der Waals surface area contributed by atoms with Gasteiger partial charge in [0.2, 0.25) is 5.90 Å². The highest BCUT2D eigenvalue weighted by atomic mass is 16.5. The lowest BCUT2D eigenvalue weighted by Gasteiger charge is -2.03. The molecule has 3 nitrogen and oxygen atoms in total. The number of hydrogen-bond donors (Lipinski definition) is 1. The fourth-order valence-electron chi connectivity index (χ4n) is 0.712. The van der Waals surface area contributed by atoms with Gasteiger partial charge in [0, 0.05) is 12.7 Å². The van der Waals surface area contributed by atoms with Gasteiger partial charge in [-0.1, -0.05) is 6.58 Å². The summed E-state index contributed by atoms with van der Waals surface area (Å²) in [7, 11) is 1.00. The first-order valence-electron chi connectivity index (χ1n) is 3.52. The Balaban J connectivity index is 0.000000461. The Morgan fingerprint density at radius 3 is 2.45 bits per heavy atom. The Morgan fingerprint density at radius 2 is 2.27 bits per heavy atom. The molecule has 1 aliphatic rings. The van der Waals surface area contributed by atoms with Crippen LogP contribution in [0.25, 0.3) is 0 Å². The molecule has 3 heteroatoms. The number of aliphatic hydroxyl groups is 1. The van der Waals surface area contributed by atoms with Gasteiger partial charge in [-0.2, -0.15) is 0 Å². The fourth-order valence-corrected chi connectivity index (χ4v) is 0.712. The Hall–Kier alpha value is -0.830. The van der Waals surface area contributed by atoms with Crippen molar-refractivity contribution in [3.05, 3.63) is 12.2 Å². The van der Waals surface area contributed by atoms with E-state index in [0.717, 1.165) is 25.1 Å². The van der Waals surface area contributed by atoms with Crippen LogP contribution in [0.15, 0.2) is 17.1 Å². The monoisotopic (exact) mass is 157 g/mol. The van der Waals surface area contributed by atoms with Crippen LogP contribution in [-0.2, 0) is 4.74 Å². The summed E-state index contributed by atoms with van der Waals surface area (Å²) in [6, 6.07) is 0. The molecule has 1 atom stereocenters. The molecule has 64 valence electrons. The molecule has 1 N–H and O–H groups in total. The molecule has 11 heavy (non-hydrogen) atoms. The summed E-state index contributed by atoms with van der Waals surface area (Å²) in [6.07, 6.45) is 0.247. The average molecular weight is 157 g/mol. The van der Waals surface area contributed by atoms with E-state index in [-0.39, 0.29) is 6.10 Å². The second-order valence-electron chi connectivity index (χ2n) is 2.35. The Bertz CT molecular complexity index is 163. The Kier molecular flexibility index (Phi) is 4.54. The van der Waals surface area contributed by atoms with Crippen LogP contribution in [0.3, 0.4) is 0 Å². The van der Waals surface area contributed by atoms with Crippen LogP contribution in [0.1, 0.15) is 13.8 Å². The van der Waals surface area contributed by atoms with Crippen molar-refractivity contribution in [2.75, 3.05) is 13.7 Å². The summed E-state index contributed by atoms with van der Waals surface area (Å²) >= 11 is 0. The van der Waals surface area contributed by atoms with Gasteiger partial charge >= 0.3 is 0 Å². The minimum atomic E-state index is 0.247. The van der Waals surface area contributed by atoms with E-state index in [9.17, 15) is 0 Å². The van der Waals surface area contributed by atoms with Crippen molar-refractivity contribution in [2.24, 2.45) is 4.99 Å². The molecule has 1 aliphatic heterocycles. The fraction of sp³-hybridized carbons (Fsp3) is 0.625. The molecule has 0 bridgehead atoms. The molecule has 0 aromatic heterocycles. The first-order chi connectivity index (χ1) is 5.20. The zero-order chi connectivity index (χ0) is 8.85. The number of aliphatic imine (C=N–C) groups is 1. The third kappa shape index (κ3) is 3.18. The summed E-state index contributed by atoms with van der Waals surface area (Å²) in [5, 5.41) is 7.00. The summed E-state index contributed by atoms with van der Waals surface area (Å²) in [5.74, 6) is 0.725.